The normalized spacial score (nSPS) is 12.2. The first-order valence-electron chi connectivity index (χ1n) is 18.9. The number of hydrogen-bond acceptors (Lipinski definition) is 5. The number of furan rings is 1. The average molecular weight is 907 g/mol. The minimum Gasteiger partial charge on any atom is -0.512 e. The molecule has 4 nitrogen and oxygen atoms in total. The zero-order valence-corrected chi connectivity index (χ0v) is 36.8. The predicted molar refractivity (Wildman–Crippen MR) is 223 cm³/mol. The molecular weight excluding hydrogens is 851 g/mol. The first-order chi connectivity index (χ1) is 24.6. The maximum absolute atomic E-state index is 11.7. The Morgan fingerprint density at radius 1 is 0.887 bits per heavy atom. The second-order valence-corrected chi connectivity index (χ2v) is 16.7. The number of fused-ring (bicyclic) bond motifs is 4. The number of aromatic nitrogens is 1. The van der Waals surface area contributed by atoms with Gasteiger partial charge >= 0.3 is 0 Å². The first kappa shape index (κ1) is 42.2. The van der Waals surface area contributed by atoms with Crippen LogP contribution in [0.3, 0.4) is 0 Å². The summed E-state index contributed by atoms with van der Waals surface area (Å²) in [4.78, 5) is 18.3. The van der Waals surface area contributed by atoms with Crippen LogP contribution in [0, 0.1) is 52.5 Å². The van der Waals surface area contributed by atoms with Crippen molar-refractivity contribution in [1.29, 1.82) is 0 Å². The summed E-state index contributed by atoms with van der Waals surface area (Å²) in [6.45, 7) is 25.7. The maximum Gasteiger partial charge on any atom is 0.162 e. The van der Waals surface area contributed by atoms with Gasteiger partial charge in [0, 0.05) is 59.5 Å². The van der Waals surface area contributed by atoms with Crippen LogP contribution in [-0.4, -0.2) is 15.9 Å². The second kappa shape index (κ2) is 17.3. The first-order valence-corrected chi connectivity index (χ1v) is 19.8. The fraction of sp³-hybridized carbons (Fsp3) is 0.404. The van der Waals surface area contributed by atoms with Crippen LogP contribution < -0.4 is 0 Å². The van der Waals surface area contributed by atoms with Crippen molar-refractivity contribution in [2.45, 2.75) is 114 Å². The number of aliphatic hydroxyl groups excluding tert-OH is 1. The van der Waals surface area contributed by atoms with Crippen LogP contribution in [0.25, 0.3) is 54.5 Å². The molecular formula is C47H56IrNO3S-. The topological polar surface area (TPSA) is 63.3 Å². The molecule has 6 heteroatoms. The van der Waals surface area contributed by atoms with E-state index >= 15 is 0 Å². The Morgan fingerprint density at radius 2 is 1.49 bits per heavy atom. The van der Waals surface area contributed by atoms with Gasteiger partial charge in [-0.1, -0.05) is 95.3 Å². The Kier molecular flexibility index (Phi) is 13.7. The number of carbonyl (C=O) groups excluding carboxylic acids is 1. The van der Waals surface area contributed by atoms with Crippen LogP contribution in [0.1, 0.15) is 107 Å². The van der Waals surface area contributed by atoms with Gasteiger partial charge in [0.15, 0.2) is 5.78 Å². The predicted octanol–water partition coefficient (Wildman–Crippen LogP) is 14.0. The van der Waals surface area contributed by atoms with Crippen molar-refractivity contribution < 1.29 is 34.4 Å². The summed E-state index contributed by atoms with van der Waals surface area (Å²) in [6.07, 6.45) is 4.91. The molecule has 53 heavy (non-hydrogen) atoms. The molecule has 6 rings (SSSR count). The monoisotopic (exact) mass is 907 g/mol. The fourth-order valence-electron chi connectivity index (χ4n) is 7.47. The number of aliphatic hydroxyl groups is 1. The summed E-state index contributed by atoms with van der Waals surface area (Å²) in [6, 6.07) is 21.2. The molecule has 0 aliphatic carbocycles. The molecule has 1 radical (unpaired) electrons. The van der Waals surface area contributed by atoms with Crippen LogP contribution in [0.15, 0.2) is 64.8 Å². The standard InChI is InChI=1S/C34H32NOS.C13H24O2.Ir/c1-18-13-19(2)29(20(3)14-18)28-17-26-31(35-30-21(4)22(5)37-33(30)32(26)36-28)24-15-23-11-9-10-12-25(23)27(16-24)34(6,7)8;1-5-10(6-2)12(14)9-13(15)11(7-3)8-4;/h9-14,16-17H,1-8H3;9-11,14H,5-8H2,1-4H3;/q-1;;/b;12-9-;. The van der Waals surface area contributed by atoms with E-state index in [2.05, 4.69) is 110 Å². The Balaban J connectivity index is 0.000000335. The molecule has 3 heterocycles. The summed E-state index contributed by atoms with van der Waals surface area (Å²) >= 11 is 1.78. The Bertz CT molecular complexity index is 2250. The van der Waals surface area contributed by atoms with E-state index in [0.29, 0.717) is 0 Å². The van der Waals surface area contributed by atoms with Gasteiger partial charge in [-0.15, -0.1) is 40.5 Å². The number of benzene rings is 3. The van der Waals surface area contributed by atoms with Crippen molar-refractivity contribution in [3.63, 3.8) is 0 Å². The number of carbonyl (C=O) groups is 1. The molecule has 283 valence electrons. The number of ketones is 1. The minimum atomic E-state index is -0.0146. The van der Waals surface area contributed by atoms with Crippen molar-refractivity contribution in [3.8, 4) is 22.6 Å². The molecule has 0 spiro atoms. The zero-order valence-electron chi connectivity index (χ0n) is 33.6. The summed E-state index contributed by atoms with van der Waals surface area (Å²) in [5.74, 6) is 1.45. The maximum atomic E-state index is 11.7. The SMILES string of the molecule is CCC(CC)C(=O)/C=C(\O)C(CC)CC.Cc1cc(C)c(-c2cc3c(-c4[c-]c5ccccc5c(C(C)(C)C)c4)nc4c(C)c(C)sc4c3o2)c(C)c1.[Ir]. The van der Waals surface area contributed by atoms with E-state index in [1.807, 2.05) is 27.7 Å². The minimum absolute atomic E-state index is 0. The van der Waals surface area contributed by atoms with Crippen LogP contribution >= 0.6 is 11.3 Å². The third kappa shape index (κ3) is 8.72. The van der Waals surface area contributed by atoms with E-state index in [1.165, 1.54) is 49.7 Å². The molecule has 0 unspecified atom stereocenters. The van der Waals surface area contributed by atoms with E-state index in [4.69, 9.17) is 9.40 Å². The molecule has 6 aromatic rings. The third-order valence-corrected chi connectivity index (χ3v) is 11.8. The van der Waals surface area contributed by atoms with Gasteiger partial charge < -0.3 is 9.52 Å². The van der Waals surface area contributed by atoms with Crippen molar-refractivity contribution >= 4 is 49.1 Å². The van der Waals surface area contributed by atoms with Gasteiger partial charge in [-0.25, -0.2) is 0 Å². The van der Waals surface area contributed by atoms with Crippen molar-refractivity contribution in [2.75, 3.05) is 0 Å². The molecule has 0 fully saturated rings. The van der Waals surface area contributed by atoms with Gasteiger partial charge in [0.25, 0.3) is 0 Å². The van der Waals surface area contributed by atoms with Crippen molar-refractivity contribution in [1.82, 2.24) is 4.98 Å². The fourth-order valence-corrected chi connectivity index (χ4v) is 8.56. The smallest absolute Gasteiger partial charge is 0.162 e. The van der Waals surface area contributed by atoms with Gasteiger partial charge in [0.2, 0.25) is 0 Å². The van der Waals surface area contributed by atoms with Crippen LogP contribution in [0.4, 0.5) is 0 Å². The van der Waals surface area contributed by atoms with Crippen LogP contribution in [0.2, 0.25) is 0 Å². The zero-order chi connectivity index (χ0) is 38.1. The van der Waals surface area contributed by atoms with E-state index in [0.717, 1.165) is 69.3 Å². The molecule has 0 aliphatic heterocycles. The molecule has 0 saturated heterocycles. The van der Waals surface area contributed by atoms with Crippen molar-refractivity contribution in [3.05, 3.63) is 99.1 Å². The van der Waals surface area contributed by atoms with E-state index in [1.54, 1.807) is 11.3 Å². The van der Waals surface area contributed by atoms with Crippen molar-refractivity contribution in [2.24, 2.45) is 11.8 Å². The largest absolute Gasteiger partial charge is 0.512 e. The molecule has 0 amide bonds. The van der Waals surface area contributed by atoms with E-state index < -0.39 is 0 Å². The molecule has 0 atom stereocenters. The number of rotatable bonds is 9. The Labute approximate surface area is 334 Å². The Morgan fingerprint density at radius 3 is 2.08 bits per heavy atom. The van der Waals surface area contributed by atoms with Gasteiger partial charge in [-0.3, -0.25) is 9.78 Å². The van der Waals surface area contributed by atoms with Gasteiger partial charge in [-0.2, -0.15) is 0 Å². The van der Waals surface area contributed by atoms with E-state index in [-0.39, 0.29) is 48.9 Å². The second-order valence-electron chi connectivity index (χ2n) is 15.4. The van der Waals surface area contributed by atoms with Gasteiger partial charge in [-0.05, 0) is 88.5 Å². The molecule has 0 aliphatic rings. The molecule has 3 aromatic carbocycles. The van der Waals surface area contributed by atoms with Gasteiger partial charge in [0.1, 0.15) is 11.3 Å². The molecule has 0 saturated carbocycles. The Hall–Kier alpha value is -3.57. The van der Waals surface area contributed by atoms with Crippen LogP contribution in [0.5, 0.6) is 0 Å². The third-order valence-electron chi connectivity index (χ3n) is 10.6. The summed E-state index contributed by atoms with van der Waals surface area (Å²) in [5.41, 5.74) is 11.3. The van der Waals surface area contributed by atoms with E-state index in [9.17, 15) is 9.90 Å². The van der Waals surface area contributed by atoms with Gasteiger partial charge in [0.05, 0.1) is 16.0 Å². The molecule has 1 N–H and O–H groups in total. The number of hydrogen-bond donors (Lipinski definition) is 1. The number of aryl methyl sites for hydroxylation is 5. The number of pyridine rings is 1. The molecule has 0 bridgehead atoms. The summed E-state index contributed by atoms with van der Waals surface area (Å²) in [7, 11) is 0. The quantitative estimate of drug-likeness (QED) is 0.0892. The number of thiophene rings is 1. The number of allylic oxidation sites excluding steroid dienone is 2. The molecule has 3 aromatic heterocycles. The summed E-state index contributed by atoms with van der Waals surface area (Å²) in [5, 5.41) is 13.2. The number of nitrogens with zero attached hydrogens (tertiary/aromatic N) is 1. The summed E-state index contributed by atoms with van der Waals surface area (Å²) < 4.78 is 7.87. The van der Waals surface area contributed by atoms with Crippen LogP contribution in [-0.2, 0) is 30.3 Å². The average Bonchev–Trinajstić information content (AvgIpc) is 3.64.